The average Bonchev–Trinajstić information content (AvgIpc) is 3.00. The molecule has 0 amide bonds. The highest BCUT2D eigenvalue weighted by molar-refractivity contribution is 7.80. The normalized spacial score (nSPS) is 13.0. The summed E-state index contributed by atoms with van der Waals surface area (Å²) in [5.74, 6) is -0.527. The lowest BCUT2D eigenvalue weighted by Crippen LogP contribution is -2.20. The van der Waals surface area contributed by atoms with Gasteiger partial charge in [0.1, 0.15) is 10.8 Å². The first-order valence-electron chi connectivity index (χ1n) is 8.44. The molecule has 0 fully saturated rings. The highest BCUT2D eigenvalue weighted by atomic mass is 35.5. The molecule has 0 aliphatic heterocycles. The number of anilines is 2. The molecule has 0 saturated carbocycles. The Bertz CT molecular complexity index is 905. The lowest BCUT2D eigenvalue weighted by molar-refractivity contribution is -0.0497. The third kappa shape index (κ3) is 4.71. The van der Waals surface area contributed by atoms with Crippen LogP contribution >= 0.6 is 35.2 Å². The number of ether oxygens (including phenoxy) is 2. The number of hydrogen-bond donors (Lipinski definition) is 2. The molecule has 1 aliphatic carbocycles. The predicted molar refractivity (Wildman–Crippen MR) is 110 cm³/mol. The molecular formula is C18H17ClF2N2O3S2. The molecule has 1 aliphatic rings. The van der Waals surface area contributed by atoms with E-state index in [-0.39, 0.29) is 15.9 Å². The van der Waals surface area contributed by atoms with Gasteiger partial charge in [-0.05, 0) is 61.7 Å². The van der Waals surface area contributed by atoms with Crippen LogP contribution in [0.1, 0.15) is 33.6 Å². The van der Waals surface area contributed by atoms with Crippen molar-refractivity contribution in [3.8, 4) is 5.75 Å². The summed E-state index contributed by atoms with van der Waals surface area (Å²) in [7, 11) is 1.35. The van der Waals surface area contributed by atoms with E-state index in [0.717, 1.165) is 36.1 Å². The molecule has 0 atom stereocenters. The molecule has 0 saturated heterocycles. The van der Waals surface area contributed by atoms with E-state index >= 15 is 0 Å². The molecular weight excluding hydrogens is 430 g/mol. The molecule has 28 heavy (non-hydrogen) atoms. The Morgan fingerprint density at radius 3 is 2.71 bits per heavy atom. The van der Waals surface area contributed by atoms with Gasteiger partial charge in [0.2, 0.25) is 0 Å². The number of carbonyl (C=O) groups is 1. The van der Waals surface area contributed by atoms with Crippen LogP contribution in [0.5, 0.6) is 5.75 Å². The van der Waals surface area contributed by atoms with Crippen molar-refractivity contribution in [3.05, 3.63) is 39.2 Å². The fraction of sp³-hybridized carbons (Fsp3) is 0.333. The van der Waals surface area contributed by atoms with Gasteiger partial charge in [0, 0.05) is 10.6 Å². The second-order valence-electron chi connectivity index (χ2n) is 6.01. The Hall–Kier alpha value is -1.97. The fourth-order valence-corrected chi connectivity index (χ4v) is 4.80. The SMILES string of the molecule is COC(=O)c1c(NC(=S)Nc2ccc(OC(F)F)c(Cl)c2)sc2c1CCCC2. The number of hydrogen-bond acceptors (Lipinski definition) is 5. The zero-order valence-corrected chi connectivity index (χ0v) is 17.2. The molecule has 2 aromatic rings. The lowest BCUT2D eigenvalue weighted by atomic mass is 9.95. The molecule has 3 rings (SSSR count). The molecule has 0 radical (unpaired) electrons. The minimum absolute atomic E-state index is 0.0231. The maximum atomic E-state index is 12.3. The van der Waals surface area contributed by atoms with Gasteiger partial charge in [0.25, 0.3) is 0 Å². The molecule has 5 nitrogen and oxygen atoms in total. The molecule has 0 bridgehead atoms. The third-order valence-electron chi connectivity index (χ3n) is 4.19. The van der Waals surface area contributed by atoms with Gasteiger partial charge in [-0.15, -0.1) is 11.3 Å². The van der Waals surface area contributed by atoms with E-state index in [4.69, 9.17) is 28.6 Å². The van der Waals surface area contributed by atoms with Crippen LogP contribution in [0.4, 0.5) is 19.5 Å². The summed E-state index contributed by atoms with van der Waals surface area (Å²) < 4.78 is 33.9. The van der Waals surface area contributed by atoms with Crippen LogP contribution in [0.2, 0.25) is 5.02 Å². The van der Waals surface area contributed by atoms with Gasteiger partial charge >= 0.3 is 12.6 Å². The maximum absolute atomic E-state index is 12.3. The summed E-state index contributed by atoms with van der Waals surface area (Å²) >= 11 is 12.8. The zero-order chi connectivity index (χ0) is 20.3. The van der Waals surface area contributed by atoms with Crippen LogP contribution in [0.25, 0.3) is 0 Å². The largest absolute Gasteiger partial charge is 0.465 e. The van der Waals surface area contributed by atoms with Gasteiger partial charge < -0.3 is 20.1 Å². The van der Waals surface area contributed by atoms with Crippen molar-refractivity contribution in [2.45, 2.75) is 32.3 Å². The Kier molecular flexibility index (Phi) is 6.69. The molecule has 1 aromatic heterocycles. The summed E-state index contributed by atoms with van der Waals surface area (Å²) in [6.45, 7) is -2.96. The summed E-state index contributed by atoms with van der Waals surface area (Å²) in [6, 6.07) is 4.26. The maximum Gasteiger partial charge on any atom is 0.387 e. The number of thiocarbonyl (C=S) groups is 1. The topological polar surface area (TPSA) is 59.6 Å². The van der Waals surface area contributed by atoms with Crippen molar-refractivity contribution < 1.29 is 23.0 Å². The highest BCUT2D eigenvalue weighted by Gasteiger charge is 2.26. The quantitative estimate of drug-likeness (QED) is 0.468. The Morgan fingerprint density at radius 1 is 1.29 bits per heavy atom. The van der Waals surface area contributed by atoms with Crippen molar-refractivity contribution in [2.24, 2.45) is 0 Å². The van der Waals surface area contributed by atoms with Gasteiger partial charge in [0.05, 0.1) is 17.7 Å². The van der Waals surface area contributed by atoms with Crippen molar-refractivity contribution >= 4 is 56.9 Å². The van der Waals surface area contributed by atoms with Gasteiger partial charge in [-0.3, -0.25) is 0 Å². The number of thiophene rings is 1. The predicted octanol–water partition coefficient (Wildman–Crippen LogP) is 5.48. The number of rotatable bonds is 5. The molecule has 1 aromatic carbocycles. The number of aryl methyl sites for hydroxylation is 1. The van der Waals surface area contributed by atoms with E-state index in [1.165, 1.54) is 36.6 Å². The van der Waals surface area contributed by atoms with Crippen LogP contribution in [0, 0.1) is 0 Å². The standard InChI is InChI=1S/C18H17ClF2N2O3S2/c1-25-16(24)14-10-4-2-3-5-13(10)28-15(14)23-18(27)22-9-6-7-12(11(19)8-9)26-17(20)21/h6-8,17H,2-5H2,1H3,(H2,22,23,27). The molecule has 10 heteroatoms. The third-order valence-corrected chi connectivity index (χ3v) is 5.90. The average molecular weight is 447 g/mol. The van der Waals surface area contributed by atoms with Crippen LogP contribution in [0.15, 0.2) is 18.2 Å². The van der Waals surface area contributed by atoms with E-state index in [2.05, 4.69) is 15.4 Å². The second-order valence-corrected chi connectivity index (χ2v) is 7.93. The number of methoxy groups -OCH3 is 1. The van der Waals surface area contributed by atoms with Gasteiger partial charge in [0.15, 0.2) is 5.11 Å². The number of halogens is 3. The minimum Gasteiger partial charge on any atom is -0.465 e. The number of nitrogens with one attached hydrogen (secondary N) is 2. The molecule has 0 spiro atoms. The first-order valence-corrected chi connectivity index (χ1v) is 10.0. The Morgan fingerprint density at radius 2 is 2.04 bits per heavy atom. The highest BCUT2D eigenvalue weighted by Crippen LogP contribution is 2.38. The summed E-state index contributed by atoms with van der Waals surface area (Å²) in [4.78, 5) is 13.4. The first kappa shape index (κ1) is 20.8. The van der Waals surface area contributed by atoms with E-state index in [0.29, 0.717) is 16.3 Å². The van der Waals surface area contributed by atoms with Crippen LogP contribution in [0.3, 0.4) is 0 Å². The summed E-state index contributed by atoms with van der Waals surface area (Å²) in [6.07, 6.45) is 3.87. The van der Waals surface area contributed by atoms with E-state index in [1.807, 2.05) is 0 Å². The van der Waals surface area contributed by atoms with E-state index in [9.17, 15) is 13.6 Å². The smallest absolute Gasteiger partial charge is 0.387 e. The van der Waals surface area contributed by atoms with E-state index < -0.39 is 12.6 Å². The second kappa shape index (κ2) is 9.02. The molecule has 2 N–H and O–H groups in total. The number of carbonyl (C=O) groups excluding carboxylic acids is 1. The molecule has 150 valence electrons. The van der Waals surface area contributed by atoms with Crippen molar-refractivity contribution in [1.82, 2.24) is 0 Å². The van der Waals surface area contributed by atoms with Crippen molar-refractivity contribution in [2.75, 3.05) is 17.7 Å². The van der Waals surface area contributed by atoms with Gasteiger partial charge in [-0.1, -0.05) is 11.6 Å². The minimum atomic E-state index is -2.96. The van der Waals surface area contributed by atoms with Gasteiger partial charge in [-0.25, -0.2) is 4.79 Å². The Balaban J connectivity index is 1.76. The fourth-order valence-electron chi connectivity index (χ4n) is 3.01. The first-order chi connectivity index (χ1) is 13.4. The number of esters is 1. The van der Waals surface area contributed by atoms with Crippen molar-refractivity contribution in [1.29, 1.82) is 0 Å². The van der Waals surface area contributed by atoms with Crippen LogP contribution in [-0.4, -0.2) is 24.8 Å². The molecule has 1 heterocycles. The summed E-state index contributed by atoms with van der Waals surface area (Å²) in [5, 5.41) is 6.85. The number of alkyl halides is 2. The zero-order valence-electron chi connectivity index (χ0n) is 14.8. The number of benzene rings is 1. The van der Waals surface area contributed by atoms with Crippen molar-refractivity contribution in [3.63, 3.8) is 0 Å². The van der Waals surface area contributed by atoms with E-state index in [1.54, 1.807) is 0 Å². The van der Waals surface area contributed by atoms with Crippen LogP contribution in [-0.2, 0) is 17.6 Å². The monoisotopic (exact) mass is 446 g/mol. The Labute approximate surface area is 175 Å². The lowest BCUT2D eigenvalue weighted by Gasteiger charge is -2.13. The van der Waals surface area contributed by atoms with Gasteiger partial charge in [-0.2, -0.15) is 8.78 Å². The summed E-state index contributed by atoms with van der Waals surface area (Å²) in [5.41, 5.74) is 2.03. The number of fused-ring (bicyclic) bond motifs is 1. The molecule has 0 unspecified atom stereocenters. The van der Waals surface area contributed by atoms with Crippen LogP contribution < -0.4 is 15.4 Å².